The van der Waals surface area contributed by atoms with Gasteiger partial charge in [-0.3, -0.25) is 0 Å². The molecule has 23 heavy (non-hydrogen) atoms. The van der Waals surface area contributed by atoms with Crippen LogP contribution >= 0.6 is 0 Å². The van der Waals surface area contributed by atoms with Crippen molar-refractivity contribution in [3.05, 3.63) is 71.8 Å². The average molecular weight is 293 g/mol. The lowest BCUT2D eigenvalue weighted by molar-refractivity contribution is 0.630. The van der Waals surface area contributed by atoms with Gasteiger partial charge in [0.05, 0.1) is 16.7 Å². The molecule has 0 atom stereocenters. The van der Waals surface area contributed by atoms with Gasteiger partial charge >= 0.3 is 0 Å². The quantitative estimate of drug-likeness (QED) is 0.428. The maximum absolute atomic E-state index is 6.06. The highest BCUT2D eigenvalue weighted by Gasteiger charge is 2.34. The molecule has 0 unspecified atom stereocenters. The second kappa shape index (κ2) is 4.08. The number of nitrogens with zero attached hydrogens (tertiary/aromatic N) is 1. The van der Waals surface area contributed by atoms with Gasteiger partial charge in [-0.05, 0) is 23.3 Å². The first-order valence-corrected chi connectivity index (χ1v) is 8.02. The maximum Gasteiger partial charge on any atom is 0.113 e. The summed E-state index contributed by atoms with van der Waals surface area (Å²) < 4.78 is 2.40. The lowest BCUT2D eigenvalue weighted by Gasteiger charge is -2.34. The smallest absolute Gasteiger partial charge is 0.113 e. The number of benzene rings is 3. The van der Waals surface area contributed by atoms with Gasteiger partial charge in [-0.25, -0.2) is 0 Å². The number of hydrogen-bond donors (Lipinski definition) is 0. The van der Waals surface area contributed by atoms with Crippen LogP contribution in [-0.2, 0) is 5.41 Å². The van der Waals surface area contributed by atoms with Crippen molar-refractivity contribution in [2.45, 2.75) is 19.3 Å². The molecular formula is C21H16BN. The summed E-state index contributed by atoms with van der Waals surface area (Å²) in [7, 11) is 6.06. The van der Waals surface area contributed by atoms with E-state index in [4.69, 9.17) is 7.85 Å². The zero-order valence-corrected chi connectivity index (χ0v) is 13.3. The Bertz CT molecular complexity index is 1100. The molecular weight excluding hydrogens is 277 g/mol. The van der Waals surface area contributed by atoms with E-state index in [1.54, 1.807) is 0 Å². The molecule has 0 spiro atoms. The van der Waals surface area contributed by atoms with Crippen LogP contribution in [0.3, 0.4) is 0 Å². The van der Waals surface area contributed by atoms with Crippen LogP contribution in [0.2, 0.25) is 0 Å². The summed E-state index contributed by atoms with van der Waals surface area (Å²) in [6.07, 6.45) is 0. The third-order valence-corrected chi connectivity index (χ3v) is 5.30. The van der Waals surface area contributed by atoms with Crippen molar-refractivity contribution in [2.24, 2.45) is 0 Å². The lowest BCUT2D eigenvalue weighted by Crippen LogP contribution is -2.26. The first-order valence-electron chi connectivity index (χ1n) is 8.02. The van der Waals surface area contributed by atoms with Crippen LogP contribution in [0.1, 0.15) is 25.0 Å². The van der Waals surface area contributed by atoms with Gasteiger partial charge in [-0.2, -0.15) is 0 Å². The SMILES string of the molecule is [B]c1ccc2c(c1)c1cccc3c1n2-c1ccccc1C3(C)C. The van der Waals surface area contributed by atoms with Gasteiger partial charge in [0, 0.05) is 16.2 Å². The summed E-state index contributed by atoms with van der Waals surface area (Å²) in [4.78, 5) is 0. The van der Waals surface area contributed by atoms with E-state index in [2.05, 4.69) is 73.0 Å². The molecule has 108 valence electrons. The molecule has 0 bridgehead atoms. The Morgan fingerprint density at radius 1 is 0.826 bits per heavy atom. The van der Waals surface area contributed by atoms with Crippen LogP contribution in [0.4, 0.5) is 0 Å². The van der Waals surface area contributed by atoms with Gasteiger partial charge in [0.2, 0.25) is 0 Å². The van der Waals surface area contributed by atoms with Crippen molar-refractivity contribution in [3.8, 4) is 5.69 Å². The number of rotatable bonds is 0. The zero-order valence-electron chi connectivity index (χ0n) is 13.3. The molecule has 1 aliphatic heterocycles. The highest BCUT2D eigenvalue weighted by molar-refractivity contribution is 6.34. The van der Waals surface area contributed by atoms with E-state index in [0.29, 0.717) is 0 Å². The molecule has 0 amide bonds. The summed E-state index contributed by atoms with van der Waals surface area (Å²) >= 11 is 0. The van der Waals surface area contributed by atoms with Gasteiger partial charge in [-0.1, -0.05) is 67.8 Å². The molecule has 0 fully saturated rings. The highest BCUT2D eigenvalue weighted by Crippen LogP contribution is 2.46. The van der Waals surface area contributed by atoms with Crippen molar-refractivity contribution in [2.75, 3.05) is 0 Å². The predicted octanol–water partition coefficient (Wildman–Crippen LogP) is 4.22. The van der Waals surface area contributed by atoms with Crippen molar-refractivity contribution in [1.82, 2.24) is 4.57 Å². The second-order valence-corrected chi connectivity index (χ2v) is 6.96. The van der Waals surface area contributed by atoms with Gasteiger partial charge in [-0.15, -0.1) is 0 Å². The van der Waals surface area contributed by atoms with Crippen molar-refractivity contribution >= 4 is 35.1 Å². The van der Waals surface area contributed by atoms with Gasteiger partial charge < -0.3 is 4.57 Å². The third kappa shape index (κ3) is 1.49. The number of para-hydroxylation sites is 2. The lowest BCUT2D eigenvalue weighted by atomic mass is 9.75. The summed E-state index contributed by atoms with van der Waals surface area (Å²) in [6.45, 7) is 4.63. The standard InChI is InChI=1S/C21H16BN/c1-21(2)16-7-3-4-9-19(16)23-18-11-10-13(22)12-15(18)14-6-5-8-17(21)20(14)23/h3-12H,1-2H3. The van der Waals surface area contributed by atoms with Crippen molar-refractivity contribution < 1.29 is 0 Å². The molecule has 5 rings (SSSR count). The molecule has 1 aliphatic rings. The maximum atomic E-state index is 6.06. The van der Waals surface area contributed by atoms with Crippen LogP contribution in [0.5, 0.6) is 0 Å². The summed E-state index contributed by atoms with van der Waals surface area (Å²) in [5.41, 5.74) is 7.38. The molecule has 0 saturated carbocycles. The minimum absolute atomic E-state index is 0.00791. The number of aromatic nitrogens is 1. The third-order valence-electron chi connectivity index (χ3n) is 5.30. The normalized spacial score (nSPS) is 15.0. The van der Waals surface area contributed by atoms with E-state index in [1.807, 2.05) is 6.07 Å². The number of fused-ring (bicyclic) bond motifs is 5. The topological polar surface area (TPSA) is 4.93 Å². The Balaban J connectivity index is 2.13. The average Bonchev–Trinajstić information content (AvgIpc) is 2.88. The second-order valence-electron chi connectivity index (χ2n) is 6.96. The molecule has 0 aliphatic carbocycles. The van der Waals surface area contributed by atoms with Crippen LogP contribution in [0.25, 0.3) is 27.5 Å². The van der Waals surface area contributed by atoms with E-state index >= 15 is 0 Å². The first-order chi connectivity index (χ1) is 11.1. The first kappa shape index (κ1) is 13.0. The molecule has 3 aromatic carbocycles. The monoisotopic (exact) mass is 293 g/mol. The molecule has 2 heteroatoms. The minimum atomic E-state index is -0.00791. The van der Waals surface area contributed by atoms with E-state index in [9.17, 15) is 0 Å². The van der Waals surface area contributed by atoms with Gasteiger partial charge in [0.25, 0.3) is 0 Å². The van der Waals surface area contributed by atoms with Gasteiger partial charge in [0.15, 0.2) is 0 Å². The fourth-order valence-corrected chi connectivity index (χ4v) is 4.18. The van der Waals surface area contributed by atoms with E-state index in [1.165, 1.54) is 38.6 Å². The van der Waals surface area contributed by atoms with E-state index in [-0.39, 0.29) is 5.41 Å². The predicted molar refractivity (Wildman–Crippen MR) is 98.3 cm³/mol. The molecule has 1 aromatic heterocycles. The van der Waals surface area contributed by atoms with Crippen molar-refractivity contribution in [3.63, 3.8) is 0 Å². The fourth-order valence-electron chi connectivity index (χ4n) is 4.18. The number of hydrogen-bond acceptors (Lipinski definition) is 0. The molecule has 2 radical (unpaired) electrons. The molecule has 0 saturated heterocycles. The van der Waals surface area contributed by atoms with Crippen LogP contribution in [0, 0.1) is 0 Å². The Hall–Kier alpha value is -2.48. The Morgan fingerprint density at radius 2 is 1.61 bits per heavy atom. The largest absolute Gasteiger partial charge is 0.309 e. The minimum Gasteiger partial charge on any atom is -0.309 e. The molecule has 1 nitrogen and oxygen atoms in total. The van der Waals surface area contributed by atoms with Crippen LogP contribution in [-0.4, -0.2) is 12.4 Å². The Morgan fingerprint density at radius 3 is 2.48 bits per heavy atom. The van der Waals surface area contributed by atoms with E-state index < -0.39 is 0 Å². The van der Waals surface area contributed by atoms with Crippen LogP contribution in [0.15, 0.2) is 60.7 Å². The Kier molecular flexibility index (Phi) is 2.31. The molecule has 0 N–H and O–H groups in total. The zero-order chi connectivity index (χ0) is 15.8. The van der Waals surface area contributed by atoms with Crippen LogP contribution < -0.4 is 5.46 Å². The van der Waals surface area contributed by atoms with Crippen molar-refractivity contribution in [1.29, 1.82) is 0 Å². The van der Waals surface area contributed by atoms with Gasteiger partial charge in [0.1, 0.15) is 7.85 Å². The summed E-state index contributed by atoms with van der Waals surface area (Å²) in [5, 5.41) is 2.52. The molecule has 4 aromatic rings. The molecule has 2 heterocycles. The fraction of sp³-hybridized carbons (Fsp3) is 0.143. The highest BCUT2D eigenvalue weighted by atomic mass is 15.0. The summed E-state index contributed by atoms with van der Waals surface area (Å²) in [6, 6.07) is 21.6. The summed E-state index contributed by atoms with van der Waals surface area (Å²) in [5.74, 6) is 0. The Labute approximate surface area is 137 Å². The van der Waals surface area contributed by atoms with E-state index in [0.717, 1.165) is 5.46 Å².